The summed E-state index contributed by atoms with van der Waals surface area (Å²) in [4.78, 5) is 0. The van der Waals surface area contributed by atoms with Gasteiger partial charge in [-0.15, -0.1) is 0 Å². The molecule has 0 aliphatic carbocycles. The minimum atomic E-state index is 0.0162. The third-order valence-corrected chi connectivity index (χ3v) is 2.70. The van der Waals surface area contributed by atoms with Crippen LogP contribution in [0.25, 0.3) is 0 Å². The van der Waals surface area contributed by atoms with Gasteiger partial charge in [-0.05, 0) is 19.1 Å². The van der Waals surface area contributed by atoms with Crippen LogP contribution in [0.3, 0.4) is 0 Å². The van der Waals surface area contributed by atoms with Gasteiger partial charge in [0.2, 0.25) is 0 Å². The Morgan fingerprint density at radius 3 is 2.69 bits per heavy atom. The number of methoxy groups -OCH3 is 1. The molecule has 1 aromatic carbocycles. The van der Waals surface area contributed by atoms with Crippen LogP contribution in [-0.2, 0) is 6.54 Å². The van der Waals surface area contributed by atoms with E-state index in [4.69, 9.17) is 33.0 Å². The van der Waals surface area contributed by atoms with Gasteiger partial charge >= 0.3 is 0 Å². The molecule has 0 bridgehead atoms. The van der Waals surface area contributed by atoms with E-state index < -0.39 is 0 Å². The molecule has 16 heavy (non-hydrogen) atoms. The topological polar surface area (TPSA) is 41.5 Å². The van der Waals surface area contributed by atoms with Gasteiger partial charge in [-0.3, -0.25) is 0 Å². The van der Waals surface area contributed by atoms with E-state index in [2.05, 4.69) is 5.32 Å². The quantitative estimate of drug-likeness (QED) is 0.858. The molecule has 0 radical (unpaired) electrons. The zero-order valence-corrected chi connectivity index (χ0v) is 10.8. The predicted molar refractivity (Wildman–Crippen MR) is 66.4 cm³/mol. The van der Waals surface area contributed by atoms with Crippen molar-refractivity contribution >= 4 is 23.2 Å². The highest BCUT2D eigenvalue weighted by Crippen LogP contribution is 2.32. The molecule has 0 spiro atoms. The summed E-state index contributed by atoms with van der Waals surface area (Å²) in [5, 5.41) is 13.1. The number of hydrogen-bond acceptors (Lipinski definition) is 3. The molecule has 2 N–H and O–H groups in total. The number of aliphatic hydroxyl groups excluding tert-OH is 1. The number of halogens is 2. The third-order valence-electron chi connectivity index (χ3n) is 2.20. The average Bonchev–Trinajstić information content (AvgIpc) is 2.25. The number of rotatable bonds is 5. The largest absolute Gasteiger partial charge is 0.495 e. The van der Waals surface area contributed by atoms with Crippen LogP contribution in [0.15, 0.2) is 12.1 Å². The summed E-state index contributed by atoms with van der Waals surface area (Å²) in [7, 11) is 1.56. The Morgan fingerprint density at radius 2 is 2.12 bits per heavy atom. The summed E-state index contributed by atoms with van der Waals surface area (Å²) >= 11 is 11.9. The molecule has 3 nitrogen and oxygen atoms in total. The first-order valence-electron chi connectivity index (χ1n) is 4.94. The molecule has 0 fully saturated rings. The summed E-state index contributed by atoms with van der Waals surface area (Å²) in [5.41, 5.74) is 0.875. The summed E-state index contributed by atoms with van der Waals surface area (Å²) in [6.07, 6.45) is 0. The van der Waals surface area contributed by atoms with Gasteiger partial charge in [-0.2, -0.15) is 0 Å². The standard InChI is InChI=1S/C11H15Cl2NO2/c1-7(6-15)14-5-8-3-9(12)4-10(13)11(8)16-2/h3-4,7,14-15H,5-6H2,1-2H3. The first-order chi connectivity index (χ1) is 7.58. The molecule has 90 valence electrons. The molecule has 0 aliphatic rings. The Bertz CT molecular complexity index is 358. The minimum absolute atomic E-state index is 0.0162. The average molecular weight is 264 g/mol. The van der Waals surface area contributed by atoms with Crippen molar-refractivity contribution in [2.24, 2.45) is 0 Å². The Balaban J connectivity index is 2.85. The highest BCUT2D eigenvalue weighted by molar-refractivity contribution is 6.35. The summed E-state index contributed by atoms with van der Waals surface area (Å²) in [6.45, 7) is 2.51. The second-order valence-corrected chi connectivity index (χ2v) is 4.39. The fourth-order valence-corrected chi connectivity index (χ4v) is 1.94. The van der Waals surface area contributed by atoms with Crippen molar-refractivity contribution in [3.05, 3.63) is 27.7 Å². The van der Waals surface area contributed by atoms with E-state index in [1.165, 1.54) is 0 Å². The van der Waals surface area contributed by atoms with Gasteiger partial charge < -0.3 is 15.2 Å². The highest BCUT2D eigenvalue weighted by atomic mass is 35.5. The molecule has 1 aromatic rings. The van der Waals surface area contributed by atoms with Crippen molar-refractivity contribution in [2.75, 3.05) is 13.7 Å². The first kappa shape index (κ1) is 13.6. The fraction of sp³-hybridized carbons (Fsp3) is 0.455. The van der Waals surface area contributed by atoms with E-state index in [9.17, 15) is 0 Å². The maximum atomic E-state index is 8.90. The van der Waals surface area contributed by atoms with Gasteiger partial charge in [0.15, 0.2) is 0 Å². The Hall–Kier alpha value is -0.480. The normalized spacial score (nSPS) is 12.6. The number of ether oxygens (including phenoxy) is 1. The van der Waals surface area contributed by atoms with E-state index in [1.807, 2.05) is 6.92 Å². The van der Waals surface area contributed by atoms with Crippen LogP contribution < -0.4 is 10.1 Å². The molecule has 1 rings (SSSR count). The van der Waals surface area contributed by atoms with Crippen LogP contribution in [0.5, 0.6) is 5.75 Å². The molecule has 0 aromatic heterocycles. The van der Waals surface area contributed by atoms with Gasteiger partial charge in [0.25, 0.3) is 0 Å². The van der Waals surface area contributed by atoms with Crippen LogP contribution in [0, 0.1) is 0 Å². The third kappa shape index (κ3) is 3.52. The van der Waals surface area contributed by atoms with E-state index in [0.717, 1.165) is 5.56 Å². The minimum Gasteiger partial charge on any atom is -0.495 e. The van der Waals surface area contributed by atoms with Crippen molar-refractivity contribution in [3.8, 4) is 5.75 Å². The predicted octanol–water partition coefficient (Wildman–Crippen LogP) is 2.47. The molecule has 0 saturated heterocycles. The lowest BCUT2D eigenvalue weighted by Crippen LogP contribution is -2.28. The Morgan fingerprint density at radius 1 is 1.44 bits per heavy atom. The number of benzene rings is 1. The van der Waals surface area contributed by atoms with Crippen LogP contribution in [0.4, 0.5) is 0 Å². The van der Waals surface area contributed by atoms with Crippen LogP contribution >= 0.6 is 23.2 Å². The molecule has 0 aliphatic heterocycles. The van der Waals surface area contributed by atoms with Gasteiger partial charge in [0.05, 0.1) is 18.7 Å². The number of aliphatic hydroxyl groups is 1. The van der Waals surface area contributed by atoms with E-state index in [1.54, 1.807) is 19.2 Å². The first-order valence-corrected chi connectivity index (χ1v) is 5.70. The SMILES string of the molecule is COc1c(Cl)cc(Cl)cc1CNC(C)CO. The maximum absolute atomic E-state index is 8.90. The van der Waals surface area contributed by atoms with Crippen molar-refractivity contribution in [3.63, 3.8) is 0 Å². The van der Waals surface area contributed by atoms with Crippen LogP contribution in [0.2, 0.25) is 10.0 Å². The zero-order valence-electron chi connectivity index (χ0n) is 9.26. The molecule has 5 heteroatoms. The summed E-state index contributed by atoms with van der Waals surface area (Å²) in [5.74, 6) is 0.615. The van der Waals surface area contributed by atoms with E-state index in [0.29, 0.717) is 22.3 Å². The lowest BCUT2D eigenvalue weighted by molar-refractivity contribution is 0.250. The van der Waals surface area contributed by atoms with Crippen molar-refractivity contribution < 1.29 is 9.84 Å². The fourth-order valence-electron chi connectivity index (χ4n) is 1.32. The van der Waals surface area contributed by atoms with Crippen molar-refractivity contribution in [1.29, 1.82) is 0 Å². The highest BCUT2D eigenvalue weighted by Gasteiger charge is 2.10. The van der Waals surface area contributed by atoms with Gasteiger partial charge in [0, 0.05) is 23.2 Å². The smallest absolute Gasteiger partial charge is 0.142 e. The molecule has 0 amide bonds. The second kappa shape index (κ2) is 6.30. The number of nitrogens with one attached hydrogen (secondary N) is 1. The van der Waals surface area contributed by atoms with Crippen LogP contribution in [-0.4, -0.2) is 24.9 Å². The van der Waals surface area contributed by atoms with Crippen LogP contribution in [0.1, 0.15) is 12.5 Å². The second-order valence-electron chi connectivity index (χ2n) is 3.54. The zero-order chi connectivity index (χ0) is 12.1. The van der Waals surface area contributed by atoms with Gasteiger partial charge in [-0.1, -0.05) is 23.2 Å². The number of hydrogen-bond donors (Lipinski definition) is 2. The van der Waals surface area contributed by atoms with Gasteiger partial charge in [0.1, 0.15) is 5.75 Å². The molecule has 0 saturated carbocycles. The van der Waals surface area contributed by atoms with Gasteiger partial charge in [-0.25, -0.2) is 0 Å². The van der Waals surface area contributed by atoms with Crippen molar-refractivity contribution in [2.45, 2.75) is 19.5 Å². The van der Waals surface area contributed by atoms with Crippen molar-refractivity contribution in [1.82, 2.24) is 5.32 Å². The lowest BCUT2D eigenvalue weighted by atomic mass is 10.2. The molecule has 1 unspecified atom stereocenters. The Kier molecular flexibility index (Phi) is 5.35. The summed E-state index contributed by atoms with van der Waals surface area (Å²) in [6, 6.07) is 3.45. The molecule has 1 atom stereocenters. The maximum Gasteiger partial charge on any atom is 0.142 e. The summed E-state index contributed by atoms with van der Waals surface area (Å²) < 4.78 is 5.20. The Labute approximate surface area is 105 Å². The lowest BCUT2D eigenvalue weighted by Gasteiger charge is -2.14. The van der Waals surface area contributed by atoms with E-state index in [-0.39, 0.29) is 12.6 Å². The molecular formula is C11H15Cl2NO2. The molecular weight excluding hydrogens is 249 g/mol. The monoisotopic (exact) mass is 263 g/mol. The molecule has 0 heterocycles. The van der Waals surface area contributed by atoms with E-state index >= 15 is 0 Å².